The van der Waals surface area contributed by atoms with Gasteiger partial charge < -0.3 is 15.1 Å². The molecule has 0 radical (unpaired) electrons. The van der Waals surface area contributed by atoms with Crippen molar-refractivity contribution in [1.82, 2.24) is 4.98 Å². The molecule has 82 valence electrons. The van der Waals surface area contributed by atoms with Gasteiger partial charge in [0, 0.05) is 6.92 Å². The molecule has 0 saturated carbocycles. The van der Waals surface area contributed by atoms with Crippen LogP contribution in [0.2, 0.25) is 0 Å². The summed E-state index contributed by atoms with van der Waals surface area (Å²) in [7, 11) is -4.37. The van der Waals surface area contributed by atoms with E-state index in [2.05, 4.69) is 10.3 Å². The molecule has 7 nitrogen and oxygen atoms in total. The van der Waals surface area contributed by atoms with Crippen LogP contribution < -0.4 is 10.4 Å². The number of nitrogens with one attached hydrogen (secondary N) is 2. The second-order valence-corrected chi connectivity index (χ2v) is 4.06. The van der Waals surface area contributed by atoms with Gasteiger partial charge in [-0.15, -0.1) is 0 Å². The summed E-state index contributed by atoms with van der Waals surface area (Å²) in [5.41, 5.74) is 0. The second-order valence-electron chi connectivity index (χ2n) is 2.75. The van der Waals surface area contributed by atoms with E-state index < -0.39 is 7.75 Å². The molecular weight excluding hydrogens is 221 g/mol. The lowest BCUT2D eigenvalue weighted by Gasteiger charge is -2.08. The molecule has 0 unspecified atom stereocenters. The number of aromatic nitrogens is 1. The van der Waals surface area contributed by atoms with Crippen LogP contribution in [0.5, 0.6) is 0 Å². The molecule has 1 rings (SSSR count). The van der Waals surface area contributed by atoms with E-state index in [0.29, 0.717) is 0 Å². The minimum Gasteiger partial charge on any atom is -0.311 e. The van der Waals surface area contributed by atoms with Gasteiger partial charge in [0.15, 0.2) is 0 Å². The molecule has 0 aliphatic carbocycles. The van der Waals surface area contributed by atoms with Crippen molar-refractivity contribution in [2.45, 2.75) is 6.92 Å². The third-order valence-corrected chi connectivity index (χ3v) is 1.83. The SMILES string of the molecule is CC(=O)Nc1cccc(NP(=O)(O)O)n1. The standard InChI is InChI=1S/C7H10N3O4P/c1-5(11)8-6-3-2-4-7(9-6)10-15(12,13)14/h2-4H,1H3,(H4,8,9,10,11,12,13,14). The molecule has 1 heterocycles. The summed E-state index contributed by atoms with van der Waals surface area (Å²) >= 11 is 0. The first-order valence-corrected chi connectivity index (χ1v) is 5.56. The van der Waals surface area contributed by atoms with Crippen LogP contribution in [0, 0.1) is 0 Å². The summed E-state index contributed by atoms with van der Waals surface area (Å²) in [6.07, 6.45) is 0. The number of hydrogen-bond donors (Lipinski definition) is 4. The van der Waals surface area contributed by atoms with Gasteiger partial charge in [-0.1, -0.05) is 6.07 Å². The number of anilines is 2. The Hall–Kier alpha value is -1.43. The van der Waals surface area contributed by atoms with Crippen molar-refractivity contribution in [1.29, 1.82) is 0 Å². The van der Waals surface area contributed by atoms with Crippen molar-refractivity contribution in [2.24, 2.45) is 0 Å². The van der Waals surface area contributed by atoms with Crippen LogP contribution in [0.15, 0.2) is 18.2 Å². The maximum Gasteiger partial charge on any atom is 0.428 e. The number of nitrogens with zero attached hydrogens (tertiary/aromatic N) is 1. The van der Waals surface area contributed by atoms with E-state index in [0.717, 1.165) is 0 Å². The zero-order valence-corrected chi connectivity index (χ0v) is 8.73. The van der Waals surface area contributed by atoms with Crippen LogP contribution in [-0.4, -0.2) is 20.7 Å². The van der Waals surface area contributed by atoms with Gasteiger partial charge in [0.2, 0.25) is 5.91 Å². The Morgan fingerprint density at radius 2 is 2.00 bits per heavy atom. The van der Waals surface area contributed by atoms with Gasteiger partial charge in [0.05, 0.1) is 0 Å². The number of carbonyl (C=O) groups excluding carboxylic acids is 1. The highest BCUT2D eigenvalue weighted by molar-refractivity contribution is 7.53. The van der Waals surface area contributed by atoms with Gasteiger partial charge >= 0.3 is 7.75 Å². The predicted molar refractivity (Wildman–Crippen MR) is 54.2 cm³/mol. The summed E-state index contributed by atoms with van der Waals surface area (Å²) in [5, 5.41) is 4.29. The van der Waals surface area contributed by atoms with Crippen LogP contribution in [0.4, 0.5) is 11.6 Å². The van der Waals surface area contributed by atoms with Crippen LogP contribution in [0.1, 0.15) is 6.92 Å². The van der Waals surface area contributed by atoms with Crippen LogP contribution in [0.25, 0.3) is 0 Å². The molecule has 0 saturated heterocycles. The van der Waals surface area contributed by atoms with Gasteiger partial charge in [-0.05, 0) is 12.1 Å². The van der Waals surface area contributed by atoms with E-state index in [-0.39, 0.29) is 17.5 Å². The monoisotopic (exact) mass is 231 g/mol. The lowest BCUT2D eigenvalue weighted by atomic mass is 10.4. The van der Waals surface area contributed by atoms with E-state index in [1.54, 1.807) is 0 Å². The Morgan fingerprint density at radius 1 is 1.40 bits per heavy atom. The van der Waals surface area contributed by atoms with E-state index >= 15 is 0 Å². The summed E-state index contributed by atoms with van der Waals surface area (Å²) in [4.78, 5) is 31.7. The number of pyridine rings is 1. The van der Waals surface area contributed by atoms with E-state index in [1.807, 2.05) is 5.09 Å². The van der Waals surface area contributed by atoms with Gasteiger partial charge in [0.1, 0.15) is 11.6 Å². The first-order chi connectivity index (χ1) is 6.87. The van der Waals surface area contributed by atoms with Crippen LogP contribution in [-0.2, 0) is 9.36 Å². The molecule has 15 heavy (non-hydrogen) atoms. The average molecular weight is 231 g/mol. The number of amides is 1. The van der Waals surface area contributed by atoms with E-state index in [4.69, 9.17) is 9.79 Å². The van der Waals surface area contributed by atoms with Crippen LogP contribution >= 0.6 is 7.75 Å². The zero-order valence-electron chi connectivity index (χ0n) is 7.84. The Bertz CT molecular complexity index is 416. The molecule has 0 bridgehead atoms. The fourth-order valence-electron chi connectivity index (χ4n) is 0.896. The minimum absolute atomic E-state index is 0.00502. The van der Waals surface area contributed by atoms with Crippen molar-refractivity contribution < 1.29 is 19.1 Å². The molecule has 1 aromatic rings. The molecule has 0 aromatic carbocycles. The molecule has 8 heteroatoms. The highest BCUT2D eigenvalue weighted by Gasteiger charge is 2.13. The first-order valence-electron chi connectivity index (χ1n) is 3.95. The molecule has 1 amide bonds. The normalized spacial score (nSPS) is 10.9. The van der Waals surface area contributed by atoms with Gasteiger partial charge in [-0.2, -0.15) is 0 Å². The Kier molecular flexibility index (Phi) is 3.41. The smallest absolute Gasteiger partial charge is 0.311 e. The molecule has 0 spiro atoms. The molecule has 0 aliphatic heterocycles. The summed E-state index contributed by atoms with van der Waals surface area (Å²) in [6, 6.07) is 4.40. The lowest BCUT2D eigenvalue weighted by Crippen LogP contribution is -2.08. The lowest BCUT2D eigenvalue weighted by molar-refractivity contribution is -0.114. The first kappa shape index (κ1) is 11.6. The average Bonchev–Trinajstić information content (AvgIpc) is 1.99. The highest BCUT2D eigenvalue weighted by Crippen LogP contribution is 2.34. The second kappa shape index (κ2) is 4.39. The molecule has 0 fully saturated rings. The molecule has 0 aliphatic rings. The van der Waals surface area contributed by atoms with Crippen molar-refractivity contribution >= 4 is 25.3 Å². The topological polar surface area (TPSA) is 112 Å². The van der Waals surface area contributed by atoms with Crippen molar-refractivity contribution in [3.05, 3.63) is 18.2 Å². The van der Waals surface area contributed by atoms with E-state index in [1.165, 1.54) is 25.1 Å². The Labute approximate surface area is 85.7 Å². The largest absolute Gasteiger partial charge is 0.428 e. The molecule has 4 N–H and O–H groups in total. The van der Waals surface area contributed by atoms with Crippen molar-refractivity contribution in [3.63, 3.8) is 0 Å². The number of carbonyl (C=O) groups is 1. The van der Waals surface area contributed by atoms with Gasteiger partial charge in [-0.25, -0.2) is 9.55 Å². The fraction of sp³-hybridized carbons (Fsp3) is 0.143. The molecule has 1 aromatic heterocycles. The summed E-state index contributed by atoms with van der Waals surface area (Å²) in [6.45, 7) is 1.31. The molecule has 0 atom stereocenters. The van der Waals surface area contributed by atoms with Gasteiger partial charge in [0.25, 0.3) is 0 Å². The maximum atomic E-state index is 10.7. The third kappa shape index (κ3) is 4.55. The van der Waals surface area contributed by atoms with Crippen molar-refractivity contribution in [2.75, 3.05) is 10.4 Å². The van der Waals surface area contributed by atoms with Crippen molar-refractivity contribution in [3.8, 4) is 0 Å². The highest BCUT2D eigenvalue weighted by atomic mass is 31.2. The summed E-state index contributed by atoms with van der Waals surface area (Å²) in [5.74, 6) is -0.0913. The minimum atomic E-state index is -4.37. The predicted octanol–water partition coefficient (Wildman–Crippen LogP) is 0.545. The molecular formula is C7H10N3O4P. The number of rotatable bonds is 3. The Morgan fingerprint density at radius 3 is 2.53 bits per heavy atom. The number of hydrogen-bond acceptors (Lipinski definition) is 3. The maximum absolute atomic E-state index is 10.7. The Balaban J connectivity index is 2.83. The quantitative estimate of drug-likeness (QED) is 0.565. The van der Waals surface area contributed by atoms with Crippen LogP contribution in [0.3, 0.4) is 0 Å². The fourth-order valence-corrected chi connectivity index (χ4v) is 1.32. The zero-order chi connectivity index (χ0) is 11.5. The summed E-state index contributed by atoms with van der Waals surface area (Å²) < 4.78 is 10.6. The van der Waals surface area contributed by atoms with E-state index in [9.17, 15) is 9.36 Å². The third-order valence-electron chi connectivity index (χ3n) is 1.31. The van der Waals surface area contributed by atoms with Gasteiger partial charge in [-0.3, -0.25) is 9.88 Å².